The van der Waals surface area contributed by atoms with Crippen LogP contribution >= 0.6 is 12.4 Å². The SMILES string of the molecule is Cl.c1ccc2c(c1)ncn2C1CCNCC1. The number of halogens is 1. The predicted molar refractivity (Wildman–Crippen MR) is 68.1 cm³/mol. The molecule has 0 radical (unpaired) electrons. The molecule has 1 aliphatic heterocycles. The molecule has 2 aromatic rings. The van der Waals surface area contributed by atoms with Crippen LogP contribution in [0, 0.1) is 0 Å². The van der Waals surface area contributed by atoms with Crippen LogP contribution in [0.3, 0.4) is 0 Å². The molecule has 0 saturated carbocycles. The molecule has 1 N–H and O–H groups in total. The maximum absolute atomic E-state index is 4.44. The predicted octanol–water partition coefficient (Wildman–Crippen LogP) is 2.38. The summed E-state index contributed by atoms with van der Waals surface area (Å²) < 4.78 is 2.33. The summed E-state index contributed by atoms with van der Waals surface area (Å²) in [5.41, 5.74) is 2.38. The van der Waals surface area contributed by atoms with Crippen molar-refractivity contribution in [3.8, 4) is 0 Å². The lowest BCUT2D eigenvalue weighted by Crippen LogP contribution is -2.29. The zero-order valence-corrected chi connectivity index (χ0v) is 9.91. The first-order valence-corrected chi connectivity index (χ1v) is 5.57. The minimum absolute atomic E-state index is 0. The van der Waals surface area contributed by atoms with Gasteiger partial charge < -0.3 is 9.88 Å². The smallest absolute Gasteiger partial charge is 0.0960 e. The van der Waals surface area contributed by atoms with Gasteiger partial charge in [0.05, 0.1) is 17.4 Å². The summed E-state index contributed by atoms with van der Waals surface area (Å²) in [5, 5.41) is 3.39. The van der Waals surface area contributed by atoms with Gasteiger partial charge in [-0.1, -0.05) is 12.1 Å². The highest BCUT2D eigenvalue weighted by molar-refractivity contribution is 5.85. The van der Waals surface area contributed by atoms with Crippen LogP contribution in [0.1, 0.15) is 18.9 Å². The number of hydrogen-bond donors (Lipinski definition) is 1. The molecule has 2 heterocycles. The van der Waals surface area contributed by atoms with Crippen LogP contribution in [0.2, 0.25) is 0 Å². The second-order valence-electron chi connectivity index (χ2n) is 4.12. The average molecular weight is 238 g/mol. The first kappa shape index (κ1) is 11.4. The van der Waals surface area contributed by atoms with Gasteiger partial charge in [0.1, 0.15) is 0 Å². The Kier molecular flexibility index (Phi) is 3.46. The minimum atomic E-state index is 0. The van der Waals surface area contributed by atoms with Crippen LogP contribution in [-0.4, -0.2) is 22.6 Å². The van der Waals surface area contributed by atoms with Crippen LogP contribution in [0.15, 0.2) is 30.6 Å². The fourth-order valence-corrected chi connectivity index (χ4v) is 2.35. The summed E-state index contributed by atoms with van der Waals surface area (Å²) in [6.07, 6.45) is 4.40. The molecule has 1 saturated heterocycles. The zero-order valence-electron chi connectivity index (χ0n) is 9.10. The van der Waals surface area contributed by atoms with E-state index in [1.54, 1.807) is 0 Å². The van der Waals surface area contributed by atoms with E-state index in [4.69, 9.17) is 0 Å². The molecule has 1 aromatic carbocycles. The largest absolute Gasteiger partial charge is 0.327 e. The summed E-state index contributed by atoms with van der Waals surface area (Å²) in [6.45, 7) is 2.24. The highest BCUT2D eigenvalue weighted by Crippen LogP contribution is 2.23. The Balaban J connectivity index is 0.000000963. The Labute approximate surface area is 101 Å². The van der Waals surface area contributed by atoms with Gasteiger partial charge in [0.2, 0.25) is 0 Å². The van der Waals surface area contributed by atoms with Crippen molar-refractivity contribution in [1.82, 2.24) is 14.9 Å². The number of rotatable bonds is 1. The summed E-state index contributed by atoms with van der Waals surface area (Å²) >= 11 is 0. The van der Waals surface area contributed by atoms with Crippen molar-refractivity contribution in [2.75, 3.05) is 13.1 Å². The Bertz CT molecular complexity index is 460. The molecule has 0 spiro atoms. The number of benzene rings is 1. The van der Waals surface area contributed by atoms with Gasteiger partial charge in [-0.2, -0.15) is 0 Å². The number of nitrogens with one attached hydrogen (secondary N) is 1. The quantitative estimate of drug-likeness (QED) is 0.826. The third kappa shape index (κ3) is 1.93. The van der Waals surface area contributed by atoms with Gasteiger partial charge in [-0.3, -0.25) is 0 Å². The van der Waals surface area contributed by atoms with Gasteiger partial charge >= 0.3 is 0 Å². The van der Waals surface area contributed by atoms with Crippen molar-refractivity contribution in [2.24, 2.45) is 0 Å². The average Bonchev–Trinajstić information content (AvgIpc) is 2.74. The molecule has 3 nitrogen and oxygen atoms in total. The lowest BCUT2D eigenvalue weighted by Gasteiger charge is -2.24. The van der Waals surface area contributed by atoms with Crippen LogP contribution in [-0.2, 0) is 0 Å². The van der Waals surface area contributed by atoms with Crippen LogP contribution in [0.25, 0.3) is 11.0 Å². The number of para-hydroxylation sites is 2. The van der Waals surface area contributed by atoms with Crippen molar-refractivity contribution in [3.05, 3.63) is 30.6 Å². The number of nitrogens with zero attached hydrogens (tertiary/aromatic N) is 2. The van der Waals surface area contributed by atoms with Crippen molar-refractivity contribution in [2.45, 2.75) is 18.9 Å². The molecular formula is C12H16ClN3. The van der Waals surface area contributed by atoms with Gasteiger partial charge in [0.15, 0.2) is 0 Å². The molecule has 0 unspecified atom stereocenters. The standard InChI is InChI=1S/C12H15N3.ClH/c1-2-4-12-11(3-1)14-9-15(12)10-5-7-13-8-6-10;/h1-4,9-10,13H,5-8H2;1H. The number of imidazole rings is 1. The number of hydrogen-bond acceptors (Lipinski definition) is 2. The molecule has 0 aliphatic carbocycles. The van der Waals surface area contributed by atoms with Crippen molar-refractivity contribution in [1.29, 1.82) is 0 Å². The molecule has 1 aliphatic rings. The zero-order chi connectivity index (χ0) is 10.1. The van der Waals surface area contributed by atoms with E-state index >= 15 is 0 Å². The van der Waals surface area contributed by atoms with Crippen LogP contribution in [0.5, 0.6) is 0 Å². The van der Waals surface area contributed by atoms with Crippen LogP contribution < -0.4 is 5.32 Å². The maximum Gasteiger partial charge on any atom is 0.0960 e. The fraction of sp³-hybridized carbons (Fsp3) is 0.417. The second-order valence-corrected chi connectivity index (χ2v) is 4.12. The van der Waals surface area contributed by atoms with E-state index in [0.29, 0.717) is 6.04 Å². The van der Waals surface area contributed by atoms with Crippen molar-refractivity contribution < 1.29 is 0 Å². The molecule has 0 atom stereocenters. The van der Waals surface area contributed by atoms with E-state index < -0.39 is 0 Å². The van der Waals surface area contributed by atoms with E-state index in [9.17, 15) is 0 Å². The minimum Gasteiger partial charge on any atom is -0.327 e. The monoisotopic (exact) mass is 237 g/mol. The number of aromatic nitrogens is 2. The van der Waals surface area contributed by atoms with E-state index in [0.717, 1.165) is 18.6 Å². The number of piperidine rings is 1. The highest BCUT2D eigenvalue weighted by Gasteiger charge is 2.16. The van der Waals surface area contributed by atoms with Gasteiger partial charge in [0.25, 0.3) is 0 Å². The Hall–Kier alpha value is -1.06. The molecule has 1 fully saturated rings. The second kappa shape index (κ2) is 4.85. The lowest BCUT2D eigenvalue weighted by atomic mass is 10.1. The first-order chi connectivity index (χ1) is 7.45. The third-order valence-electron chi connectivity index (χ3n) is 3.18. The van der Waals surface area contributed by atoms with Crippen molar-refractivity contribution >= 4 is 23.4 Å². The summed E-state index contributed by atoms with van der Waals surface area (Å²) in [7, 11) is 0. The van der Waals surface area contributed by atoms with Gasteiger partial charge in [0, 0.05) is 6.04 Å². The lowest BCUT2D eigenvalue weighted by molar-refractivity contribution is 0.374. The van der Waals surface area contributed by atoms with Crippen LogP contribution in [0.4, 0.5) is 0 Å². The molecule has 3 rings (SSSR count). The highest BCUT2D eigenvalue weighted by atomic mass is 35.5. The van der Waals surface area contributed by atoms with Gasteiger partial charge in [-0.15, -0.1) is 12.4 Å². The maximum atomic E-state index is 4.44. The van der Waals surface area contributed by atoms with E-state index in [1.165, 1.54) is 18.4 Å². The topological polar surface area (TPSA) is 29.9 Å². The first-order valence-electron chi connectivity index (χ1n) is 5.57. The van der Waals surface area contributed by atoms with E-state index in [1.807, 2.05) is 12.4 Å². The van der Waals surface area contributed by atoms with Crippen molar-refractivity contribution in [3.63, 3.8) is 0 Å². The number of fused-ring (bicyclic) bond motifs is 1. The normalized spacial score (nSPS) is 17.2. The molecule has 0 bridgehead atoms. The molecule has 4 heteroatoms. The Morgan fingerprint density at radius 1 is 1.19 bits per heavy atom. The van der Waals surface area contributed by atoms with E-state index in [-0.39, 0.29) is 12.4 Å². The molecule has 16 heavy (non-hydrogen) atoms. The van der Waals surface area contributed by atoms with E-state index in [2.05, 4.69) is 33.1 Å². The summed E-state index contributed by atoms with van der Waals surface area (Å²) in [5.74, 6) is 0. The molecular weight excluding hydrogens is 222 g/mol. The Morgan fingerprint density at radius 3 is 2.75 bits per heavy atom. The summed E-state index contributed by atoms with van der Waals surface area (Å²) in [6, 6.07) is 8.99. The fourth-order valence-electron chi connectivity index (χ4n) is 2.35. The molecule has 86 valence electrons. The molecule has 0 amide bonds. The van der Waals surface area contributed by atoms with Gasteiger partial charge in [-0.25, -0.2) is 4.98 Å². The third-order valence-corrected chi connectivity index (χ3v) is 3.18. The molecule has 1 aromatic heterocycles. The van der Waals surface area contributed by atoms with Gasteiger partial charge in [-0.05, 0) is 38.1 Å². The Morgan fingerprint density at radius 2 is 1.94 bits per heavy atom. The summed E-state index contributed by atoms with van der Waals surface area (Å²) in [4.78, 5) is 4.44.